The number of hydrogen-bond acceptors (Lipinski definition) is 8. The van der Waals surface area contributed by atoms with Crippen molar-refractivity contribution in [3.63, 3.8) is 0 Å². The fraction of sp³-hybridized carbons (Fsp3) is 0.515. The molecule has 0 radical (unpaired) electrons. The van der Waals surface area contributed by atoms with Crippen LogP contribution in [0.1, 0.15) is 62.5 Å². The lowest BCUT2D eigenvalue weighted by molar-refractivity contribution is -0.956. The van der Waals surface area contributed by atoms with E-state index in [1.807, 2.05) is 36.4 Å². The summed E-state index contributed by atoms with van der Waals surface area (Å²) < 4.78 is 24.1. The first-order valence-electron chi connectivity index (χ1n) is 15.4. The van der Waals surface area contributed by atoms with Crippen LogP contribution in [0.4, 0.5) is 4.79 Å². The summed E-state index contributed by atoms with van der Waals surface area (Å²) in [5.74, 6) is -1.13. The molecule has 0 aliphatic carbocycles. The summed E-state index contributed by atoms with van der Waals surface area (Å²) in [5, 5.41) is 0. The normalized spacial score (nSPS) is 24.4. The number of quaternary nitrogens is 1. The monoisotopic (exact) mass is 591 g/mol. The Morgan fingerprint density at radius 3 is 1.93 bits per heavy atom. The highest BCUT2D eigenvalue weighted by molar-refractivity contribution is 6.01. The fourth-order valence-electron chi connectivity index (χ4n) is 7.81. The Morgan fingerprint density at radius 2 is 1.37 bits per heavy atom. The average Bonchev–Trinajstić information content (AvgIpc) is 3.68. The van der Waals surface area contributed by atoms with E-state index in [-0.39, 0.29) is 43.9 Å². The Hall–Kier alpha value is -3.76. The van der Waals surface area contributed by atoms with Crippen LogP contribution >= 0.6 is 0 Å². The topological polar surface area (TPSA) is 108 Å². The van der Waals surface area contributed by atoms with Crippen molar-refractivity contribution in [2.24, 2.45) is 0 Å². The number of piperidine rings is 1. The molecule has 4 aliphatic rings. The maximum atomic E-state index is 14.3. The van der Waals surface area contributed by atoms with Gasteiger partial charge in [0.15, 0.2) is 6.79 Å². The zero-order valence-corrected chi connectivity index (χ0v) is 24.4. The van der Waals surface area contributed by atoms with Gasteiger partial charge in [-0.2, -0.15) is 0 Å². The smallest absolute Gasteiger partial charge is 0.459 e. The number of amides is 2. The first-order chi connectivity index (χ1) is 20.9. The number of ether oxygens (including phenoxy) is 4. The molecule has 43 heavy (non-hydrogen) atoms. The maximum Gasteiger partial charge on any atom is 0.510 e. The highest BCUT2D eigenvalue weighted by Crippen LogP contribution is 2.47. The van der Waals surface area contributed by atoms with Crippen LogP contribution in [-0.4, -0.2) is 84.5 Å². The lowest BCUT2D eigenvalue weighted by atomic mass is 9.85. The molecule has 4 fully saturated rings. The van der Waals surface area contributed by atoms with Gasteiger partial charge in [0.05, 0.1) is 31.7 Å². The van der Waals surface area contributed by atoms with Crippen molar-refractivity contribution in [3.8, 4) is 0 Å². The van der Waals surface area contributed by atoms with E-state index in [0.717, 1.165) is 17.7 Å². The SMILES string of the molecule is O=C(OCCN1C(=O)CCC1=O)OCOC(C(=O)OC1CC2CCC(C1)[N+]21CCCC1)(c1ccccc1)c1ccccc1. The Morgan fingerprint density at radius 1 is 0.814 bits per heavy atom. The number of benzene rings is 2. The Labute approximate surface area is 251 Å². The molecule has 2 bridgehead atoms. The van der Waals surface area contributed by atoms with E-state index in [2.05, 4.69) is 0 Å². The minimum absolute atomic E-state index is 0.0404. The Balaban J connectivity index is 1.17. The lowest BCUT2D eigenvalue weighted by Crippen LogP contribution is -2.60. The summed E-state index contributed by atoms with van der Waals surface area (Å²) >= 11 is 0. The molecule has 10 heteroatoms. The van der Waals surface area contributed by atoms with Crippen LogP contribution in [0.5, 0.6) is 0 Å². The highest BCUT2D eigenvalue weighted by atomic mass is 16.8. The fourth-order valence-corrected chi connectivity index (χ4v) is 7.81. The molecule has 2 aromatic rings. The molecule has 2 aromatic carbocycles. The van der Waals surface area contributed by atoms with Gasteiger partial charge in [-0.05, 0) is 11.1 Å². The van der Waals surface area contributed by atoms with Crippen LogP contribution in [0.25, 0.3) is 0 Å². The number of imide groups is 1. The molecule has 4 heterocycles. The van der Waals surface area contributed by atoms with Crippen LogP contribution in [-0.2, 0) is 38.9 Å². The van der Waals surface area contributed by atoms with Gasteiger partial charge in [0, 0.05) is 51.4 Å². The third-order valence-electron chi connectivity index (χ3n) is 9.82. The number of hydrogen-bond donors (Lipinski definition) is 0. The number of carbonyl (C=O) groups excluding carboxylic acids is 4. The van der Waals surface area contributed by atoms with Gasteiger partial charge in [-0.3, -0.25) is 14.5 Å². The Bertz CT molecular complexity index is 1260. The standard InChI is InChI=1S/C33H39N2O8/c36-29-15-16-30(37)34(29)17-20-40-32(39)41-23-42-33(24-9-3-1-4-10-24,25-11-5-2-6-12-25)31(38)43-28-21-26-13-14-27(22-28)35(26)18-7-8-19-35/h1-6,9-12,26-28H,7-8,13-23H2/q+1. The summed E-state index contributed by atoms with van der Waals surface area (Å²) in [6.45, 7) is 1.63. The third kappa shape index (κ3) is 5.65. The summed E-state index contributed by atoms with van der Waals surface area (Å²) in [7, 11) is 0. The van der Waals surface area contributed by atoms with E-state index in [4.69, 9.17) is 18.9 Å². The molecule has 2 unspecified atom stereocenters. The van der Waals surface area contributed by atoms with E-state index in [1.54, 1.807) is 24.3 Å². The number of carbonyl (C=O) groups is 4. The molecule has 2 amide bonds. The number of likely N-dealkylation sites (tertiary alicyclic amines) is 1. The summed E-state index contributed by atoms with van der Waals surface area (Å²) in [6.07, 6.45) is 5.65. The molecule has 0 saturated carbocycles. The molecule has 1 spiro atoms. The van der Waals surface area contributed by atoms with E-state index in [1.165, 1.54) is 43.3 Å². The van der Waals surface area contributed by atoms with Crippen molar-refractivity contribution in [1.29, 1.82) is 0 Å². The summed E-state index contributed by atoms with van der Waals surface area (Å²) in [6, 6.07) is 19.2. The predicted molar refractivity (Wildman–Crippen MR) is 153 cm³/mol. The quantitative estimate of drug-likeness (QED) is 0.176. The van der Waals surface area contributed by atoms with Gasteiger partial charge in [0.2, 0.25) is 17.4 Å². The van der Waals surface area contributed by atoms with Crippen LogP contribution < -0.4 is 0 Å². The van der Waals surface area contributed by atoms with Crippen molar-refractivity contribution in [2.75, 3.05) is 33.0 Å². The largest absolute Gasteiger partial charge is 0.510 e. The molecule has 10 nitrogen and oxygen atoms in total. The van der Waals surface area contributed by atoms with E-state index < -0.39 is 24.5 Å². The molecule has 228 valence electrons. The Kier molecular flexibility index (Phi) is 8.50. The number of esters is 1. The lowest BCUT2D eigenvalue weighted by Gasteiger charge is -2.47. The van der Waals surface area contributed by atoms with Gasteiger partial charge < -0.3 is 23.4 Å². The minimum Gasteiger partial charge on any atom is -0.459 e. The van der Waals surface area contributed by atoms with Crippen molar-refractivity contribution in [1.82, 2.24) is 4.90 Å². The van der Waals surface area contributed by atoms with Gasteiger partial charge in [-0.15, -0.1) is 0 Å². The summed E-state index contributed by atoms with van der Waals surface area (Å²) in [5.41, 5.74) is -0.583. The first-order valence-corrected chi connectivity index (χ1v) is 15.4. The summed E-state index contributed by atoms with van der Waals surface area (Å²) in [4.78, 5) is 51.4. The number of nitrogens with zero attached hydrogens (tertiary/aromatic N) is 2. The van der Waals surface area contributed by atoms with Crippen molar-refractivity contribution in [3.05, 3.63) is 71.8 Å². The van der Waals surface area contributed by atoms with Crippen LogP contribution in [0, 0.1) is 0 Å². The van der Waals surface area contributed by atoms with Gasteiger partial charge in [0.1, 0.15) is 12.7 Å². The van der Waals surface area contributed by atoms with Gasteiger partial charge in [-0.1, -0.05) is 60.7 Å². The molecule has 0 aromatic heterocycles. The van der Waals surface area contributed by atoms with E-state index in [9.17, 15) is 19.2 Å². The van der Waals surface area contributed by atoms with Crippen LogP contribution in [0.2, 0.25) is 0 Å². The average molecular weight is 592 g/mol. The molecule has 2 atom stereocenters. The first kappa shape index (κ1) is 29.3. The van der Waals surface area contributed by atoms with Crippen molar-refractivity contribution in [2.45, 2.75) is 75.2 Å². The zero-order chi connectivity index (χ0) is 29.9. The van der Waals surface area contributed by atoms with E-state index >= 15 is 0 Å². The molecule has 0 N–H and O–H groups in total. The van der Waals surface area contributed by atoms with Gasteiger partial charge >= 0.3 is 12.1 Å². The minimum atomic E-state index is -1.69. The predicted octanol–water partition coefficient (Wildman–Crippen LogP) is 4.05. The molecule has 4 saturated heterocycles. The molecular formula is C33H39N2O8+. The van der Waals surface area contributed by atoms with Crippen molar-refractivity contribution < 1.29 is 42.6 Å². The van der Waals surface area contributed by atoms with Gasteiger partial charge in [-0.25, -0.2) is 9.59 Å². The second-order valence-corrected chi connectivity index (χ2v) is 12.0. The molecular weight excluding hydrogens is 552 g/mol. The zero-order valence-electron chi connectivity index (χ0n) is 24.4. The number of rotatable bonds is 10. The van der Waals surface area contributed by atoms with Crippen LogP contribution in [0.15, 0.2) is 60.7 Å². The van der Waals surface area contributed by atoms with Crippen molar-refractivity contribution >= 4 is 23.9 Å². The molecule has 6 rings (SSSR count). The second kappa shape index (κ2) is 12.5. The third-order valence-corrected chi connectivity index (χ3v) is 9.82. The van der Waals surface area contributed by atoms with Gasteiger partial charge in [0.25, 0.3) is 0 Å². The second-order valence-electron chi connectivity index (χ2n) is 12.0. The maximum absolute atomic E-state index is 14.3. The molecule has 4 aliphatic heterocycles. The van der Waals surface area contributed by atoms with E-state index in [0.29, 0.717) is 23.2 Å². The highest BCUT2D eigenvalue weighted by Gasteiger charge is 2.57. The van der Waals surface area contributed by atoms with Crippen LogP contribution in [0.3, 0.4) is 0 Å².